The molecule has 1 aliphatic heterocycles. The van der Waals surface area contributed by atoms with E-state index in [1.807, 2.05) is 0 Å². The number of alkyl halides is 2. The number of halogens is 2. The molecule has 0 spiro atoms. The minimum absolute atomic E-state index is 0.264. The molecule has 1 N–H and O–H groups in total. The van der Waals surface area contributed by atoms with Crippen LogP contribution in [-0.2, 0) is 0 Å². The highest BCUT2D eigenvalue weighted by atomic mass is 19.3. The predicted molar refractivity (Wildman–Crippen MR) is 54.4 cm³/mol. The maximum Gasteiger partial charge on any atom is 0.267 e. The zero-order valence-electron chi connectivity index (χ0n) is 8.10. The van der Waals surface area contributed by atoms with Crippen LogP contribution in [0.15, 0.2) is 37.0 Å². The fourth-order valence-corrected chi connectivity index (χ4v) is 1.40. The predicted octanol–water partition coefficient (Wildman–Crippen LogP) is 2.67. The van der Waals surface area contributed by atoms with Crippen molar-refractivity contribution in [1.29, 1.82) is 0 Å². The quantitative estimate of drug-likeness (QED) is 0.671. The summed E-state index contributed by atoms with van der Waals surface area (Å²) in [5.41, 5.74) is 0.527. The van der Waals surface area contributed by atoms with Gasteiger partial charge in [-0.25, -0.2) is 8.78 Å². The van der Waals surface area contributed by atoms with Crippen LogP contribution in [0.25, 0.3) is 0 Å². The first-order valence-corrected chi connectivity index (χ1v) is 4.65. The minimum atomic E-state index is -2.68. The molecular weight excluding hydrogens is 184 g/mol. The van der Waals surface area contributed by atoms with Crippen molar-refractivity contribution in [2.75, 3.05) is 6.54 Å². The maximum atomic E-state index is 13.4. The van der Waals surface area contributed by atoms with E-state index in [1.54, 1.807) is 6.08 Å². The van der Waals surface area contributed by atoms with Crippen molar-refractivity contribution >= 4 is 0 Å². The highest BCUT2D eigenvalue weighted by Crippen LogP contribution is 2.31. The molecule has 0 aromatic heterocycles. The Kier molecular flexibility index (Phi) is 3.58. The highest BCUT2D eigenvalue weighted by molar-refractivity contribution is 5.23. The molecule has 0 aromatic carbocycles. The van der Waals surface area contributed by atoms with Gasteiger partial charge in [-0.15, -0.1) is 0 Å². The van der Waals surface area contributed by atoms with Crippen LogP contribution in [0.5, 0.6) is 0 Å². The molecule has 1 aliphatic rings. The normalized spacial score (nSPS) is 22.7. The molecular formula is C11H15F2N. The van der Waals surface area contributed by atoms with Gasteiger partial charge in [0.05, 0.1) is 6.04 Å². The Labute approximate surface area is 83.2 Å². The topological polar surface area (TPSA) is 12.0 Å². The van der Waals surface area contributed by atoms with E-state index in [0.717, 1.165) is 0 Å². The van der Waals surface area contributed by atoms with Gasteiger partial charge in [0.25, 0.3) is 5.92 Å². The van der Waals surface area contributed by atoms with Gasteiger partial charge in [-0.1, -0.05) is 31.4 Å². The number of hydrogen-bond donors (Lipinski definition) is 1. The van der Waals surface area contributed by atoms with E-state index in [-0.39, 0.29) is 6.42 Å². The first-order chi connectivity index (χ1) is 6.60. The van der Waals surface area contributed by atoms with Crippen LogP contribution >= 0.6 is 0 Å². The third-order valence-electron chi connectivity index (χ3n) is 2.37. The second-order valence-corrected chi connectivity index (χ2v) is 3.41. The summed E-state index contributed by atoms with van der Waals surface area (Å²) in [5, 5.41) is 2.72. The molecule has 78 valence electrons. The van der Waals surface area contributed by atoms with E-state index in [9.17, 15) is 8.78 Å². The molecule has 0 saturated carbocycles. The number of allylic oxidation sites excluding steroid dienone is 4. The van der Waals surface area contributed by atoms with Gasteiger partial charge in [0.15, 0.2) is 0 Å². The summed E-state index contributed by atoms with van der Waals surface area (Å²) < 4.78 is 26.9. The molecule has 0 aromatic rings. The lowest BCUT2D eigenvalue weighted by Gasteiger charge is -2.35. The molecule has 1 fully saturated rings. The average molecular weight is 199 g/mol. The zero-order valence-corrected chi connectivity index (χ0v) is 8.10. The molecule has 0 bridgehead atoms. The van der Waals surface area contributed by atoms with E-state index in [4.69, 9.17) is 0 Å². The van der Waals surface area contributed by atoms with Crippen molar-refractivity contribution in [2.24, 2.45) is 0 Å². The first kappa shape index (κ1) is 11.1. The Bertz CT molecular complexity index is 252. The zero-order chi connectivity index (χ0) is 10.6. The molecule has 1 saturated heterocycles. The molecule has 1 atom stereocenters. The summed E-state index contributed by atoms with van der Waals surface area (Å²) in [6.07, 6.45) is 4.81. The van der Waals surface area contributed by atoms with Gasteiger partial charge in [0, 0.05) is 6.42 Å². The van der Waals surface area contributed by atoms with Crippen LogP contribution in [0.1, 0.15) is 12.8 Å². The molecule has 0 amide bonds. The Morgan fingerprint density at radius 3 is 2.50 bits per heavy atom. The summed E-state index contributed by atoms with van der Waals surface area (Å²) in [6, 6.07) is -0.671. The molecule has 1 unspecified atom stereocenters. The molecule has 1 rings (SSSR count). The lowest BCUT2D eigenvalue weighted by atomic mass is 9.94. The fourth-order valence-electron chi connectivity index (χ4n) is 1.40. The van der Waals surface area contributed by atoms with Crippen molar-refractivity contribution in [3.63, 3.8) is 0 Å². The van der Waals surface area contributed by atoms with E-state index in [0.29, 0.717) is 18.5 Å². The van der Waals surface area contributed by atoms with Crippen molar-refractivity contribution in [2.45, 2.75) is 24.8 Å². The molecule has 1 nitrogen and oxygen atoms in total. The molecule has 1 heterocycles. The minimum Gasteiger partial charge on any atom is -0.309 e. The first-order valence-electron chi connectivity index (χ1n) is 4.65. The summed E-state index contributed by atoms with van der Waals surface area (Å²) >= 11 is 0. The summed E-state index contributed by atoms with van der Waals surface area (Å²) in [7, 11) is 0. The Hall–Kier alpha value is -0.960. The van der Waals surface area contributed by atoms with E-state index < -0.39 is 12.0 Å². The second-order valence-electron chi connectivity index (χ2n) is 3.41. The van der Waals surface area contributed by atoms with Crippen LogP contribution in [0.3, 0.4) is 0 Å². The smallest absolute Gasteiger partial charge is 0.267 e. The lowest BCUT2D eigenvalue weighted by molar-refractivity contribution is -0.0565. The summed E-state index contributed by atoms with van der Waals surface area (Å²) in [6.45, 7) is 7.66. The fraction of sp³-hybridized carbons (Fsp3) is 0.455. The van der Waals surface area contributed by atoms with E-state index in [2.05, 4.69) is 18.5 Å². The van der Waals surface area contributed by atoms with Crippen LogP contribution in [-0.4, -0.2) is 18.5 Å². The maximum absolute atomic E-state index is 13.4. The van der Waals surface area contributed by atoms with Crippen LogP contribution in [0, 0.1) is 0 Å². The van der Waals surface area contributed by atoms with Gasteiger partial charge in [-0.3, -0.25) is 0 Å². The third kappa shape index (κ3) is 2.51. The Balaban J connectivity index is 2.59. The lowest BCUT2D eigenvalue weighted by Crippen LogP contribution is -2.54. The molecule has 0 aliphatic carbocycles. The van der Waals surface area contributed by atoms with Gasteiger partial charge >= 0.3 is 0 Å². The number of nitrogens with one attached hydrogen (secondary N) is 1. The van der Waals surface area contributed by atoms with Gasteiger partial charge in [0.2, 0.25) is 0 Å². The van der Waals surface area contributed by atoms with Gasteiger partial charge < -0.3 is 5.32 Å². The summed E-state index contributed by atoms with van der Waals surface area (Å²) in [5.74, 6) is -2.68. The van der Waals surface area contributed by atoms with Crippen LogP contribution < -0.4 is 5.32 Å². The van der Waals surface area contributed by atoms with E-state index >= 15 is 0 Å². The molecule has 14 heavy (non-hydrogen) atoms. The highest BCUT2D eigenvalue weighted by Gasteiger charge is 2.42. The third-order valence-corrected chi connectivity index (χ3v) is 2.37. The van der Waals surface area contributed by atoms with Crippen LogP contribution in [0.4, 0.5) is 8.78 Å². The van der Waals surface area contributed by atoms with Gasteiger partial charge in [-0.2, -0.15) is 0 Å². The largest absolute Gasteiger partial charge is 0.309 e. The second kappa shape index (κ2) is 4.51. The Morgan fingerprint density at radius 2 is 2.14 bits per heavy atom. The van der Waals surface area contributed by atoms with Gasteiger partial charge in [0.1, 0.15) is 0 Å². The number of rotatable bonds is 5. The standard InChI is InChI=1S/C11H15F2N/c1-3-5-9(4-2)8-11(12,13)10-6-7-14-10/h3-5,10,14H,1-2,6-8H2/b9-5+. The van der Waals surface area contributed by atoms with Crippen LogP contribution in [0.2, 0.25) is 0 Å². The number of hydrogen-bond acceptors (Lipinski definition) is 1. The molecule has 0 radical (unpaired) electrons. The summed E-state index contributed by atoms with van der Waals surface area (Å²) in [4.78, 5) is 0. The van der Waals surface area contributed by atoms with Crippen molar-refractivity contribution in [1.82, 2.24) is 5.32 Å². The van der Waals surface area contributed by atoms with Crippen molar-refractivity contribution in [3.05, 3.63) is 37.0 Å². The SMILES string of the molecule is C=C/C=C(\C=C)CC(F)(F)C1CCN1. The van der Waals surface area contributed by atoms with Gasteiger partial charge in [-0.05, 0) is 18.5 Å². The van der Waals surface area contributed by atoms with Crippen molar-refractivity contribution in [3.8, 4) is 0 Å². The van der Waals surface area contributed by atoms with E-state index in [1.165, 1.54) is 12.2 Å². The molecule has 3 heteroatoms. The average Bonchev–Trinajstić information content (AvgIpc) is 1.98. The Morgan fingerprint density at radius 1 is 1.50 bits per heavy atom. The monoisotopic (exact) mass is 199 g/mol. The van der Waals surface area contributed by atoms with Crippen molar-refractivity contribution < 1.29 is 8.78 Å².